The van der Waals surface area contributed by atoms with Crippen LogP contribution in [0.2, 0.25) is 0 Å². The van der Waals surface area contributed by atoms with Crippen LogP contribution in [0, 0.1) is 10.1 Å². The third kappa shape index (κ3) is 3.11. The van der Waals surface area contributed by atoms with Crippen molar-refractivity contribution in [2.24, 2.45) is 0 Å². The highest BCUT2D eigenvalue weighted by Gasteiger charge is 2.24. The SMILES string of the molecule is CCN1CCCC1CNc1nc(N)ccc1[N+](=O)[O-]. The van der Waals surface area contributed by atoms with E-state index in [0.29, 0.717) is 12.6 Å². The molecule has 2 heterocycles. The minimum absolute atomic E-state index is 0.0322. The van der Waals surface area contributed by atoms with Gasteiger partial charge in [0.1, 0.15) is 5.82 Å². The van der Waals surface area contributed by atoms with E-state index >= 15 is 0 Å². The number of nitro groups is 1. The first-order chi connectivity index (χ1) is 9.11. The largest absolute Gasteiger partial charge is 0.384 e. The van der Waals surface area contributed by atoms with Gasteiger partial charge in [-0.2, -0.15) is 0 Å². The Bertz CT molecular complexity index is 465. The second-order valence-electron chi connectivity index (χ2n) is 4.67. The van der Waals surface area contributed by atoms with Crippen LogP contribution in [0.25, 0.3) is 0 Å². The van der Waals surface area contributed by atoms with Crippen LogP contribution in [0.15, 0.2) is 12.1 Å². The third-order valence-electron chi connectivity index (χ3n) is 3.50. The Labute approximate surface area is 112 Å². The van der Waals surface area contributed by atoms with Gasteiger partial charge in [-0.25, -0.2) is 4.98 Å². The van der Waals surface area contributed by atoms with Crippen LogP contribution < -0.4 is 11.1 Å². The minimum Gasteiger partial charge on any atom is -0.384 e. The van der Waals surface area contributed by atoms with Gasteiger partial charge in [0.2, 0.25) is 5.82 Å². The summed E-state index contributed by atoms with van der Waals surface area (Å²) in [6.07, 6.45) is 2.28. The molecule has 7 heteroatoms. The Morgan fingerprint density at radius 3 is 3.11 bits per heavy atom. The average molecular weight is 265 g/mol. The van der Waals surface area contributed by atoms with E-state index in [0.717, 1.165) is 19.5 Å². The van der Waals surface area contributed by atoms with Crippen LogP contribution in [0.5, 0.6) is 0 Å². The lowest BCUT2D eigenvalue weighted by Crippen LogP contribution is -2.34. The summed E-state index contributed by atoms with van der Waals surface area (Å²) in [6.45, 7) is 4.87. The lowest BCUT2D eigenvalue weighted by Gasteiger charge is -2.23. The molecule has 0 aliphatic carbocycles. The predicted molar refractivity (Wildman–Crippen MR) is 74.1 cm³/mol. The molecule has 1 aromatic rings. The molecule has 1 atom stereocenters. The molecule has 19 heavy (non-hydrogen) atoms. The number of aromatic nitrogens is 1. The van der Waals surface area contributed by atoms with Gasteiger partial charge in [0.15, 0.2) is 0 Å². The second kappa shape index (κ2) is 5.83. The average Bonchev–Trinajstić information content (AvgIpc) is 2.83. The molecule has 3 N–H and O–H groups in total. The summed E-state index contributed by atoms with van der Waals surface area (Å²) in [5.74, 6) is 0.542. The summed E-state index contributed by atoms with van der Waals surface area (Å²) in [6, 6.07) is 3.24. The number of anilines is 2. The number of nitrogens with one attached hydrogen (secondary N) is 1. The lowest BCUT2D eigenvalue weighted by molar-refractivity contribution is -0.384. The standard InChI is InChI=1S/C12H19N5O2/c1-2-16-7-3-4-9(16)8-14-12-10(17(18)19)5-6-11(13)15-12/h5-6,9H,2-4,7-8H2,1H3,(H3,13,14,15). The van der Waals surface area contributed by atoms with E-state index in [1.807, 2.05) is 0 Å². The Morgan fingerprint density at radius 1 is 1.63 bits per heavy atom. The van der Waals surface area contributed by atoms with Crippen LogP contribution in [0.4, 0.5) is 17.3 Å². The van der Waals surface area contributed by atoms with E-state index in [2.05, 4.69) is 22.1 Å². The second-order valence-corrected chi connectivity index (χ2v) is 4.67. The fourth-order valence-corrected chi connectivity index (χ4v) is 2.50. The molecule has 7 nitrogen and oxygen atoms in total. The number of nitrogens with zero attached hydrogens (tertiary/aromatic N) is 3. The van der Waals surface area contributed by atoms with Crippen molar-refractivity contribution in [1.29, 1.82) is 0 Å². The Kier molecular flexibility index (Phi) is 4.16. The zero-order valence-electron chi connectivity index (χ0n) is 11.0. The highest BCUT2D eigenvalue weighted by molar-refractivity contribution is 5.59. The van der Waals surface area contributed by atoms with E-state index in [9.17, 15) is 10.1 Å². The number of hydrogen-bond acceptors (Lipinski definition) is 6. The quantitative estimate of drug-likeness (QED) is 0.618. The normalized spacial score (nSPS) is 19.5. The van der Waals surface area contributed by atoms with Crippen molar-refractivity contribution in [3.8, 4) is 0 Å². The fraction of sp³-hybridized carbons (Fsp3) is 0.583. The topological polar surface area (TPSA) is 97.3 Å². The molecule has 0 saturated carbocycles. The fourth-order valence-electron chi connectivity index (χ4n) is 2.50. The zero-order chi connectivity index (χ0) is 13.8. The van der Waals surface area contributed by atoms with Crippen LogP contribution in [-0.2, 0) is 0 Å². The van der Waals surface area contributed by atoms with Gasteiger partial charge in [-0.05, 0) is 32.0 Å². The van der Waals surface area contributed by atoms with Crippen LogP contribution in [-0.4, -0.2) is 40.5 Å². The molecule has 1 aliphatic rings. The van der Waals surface area contributed by atoms with Gasteiger partial charge in [-0.15, -0.1) is 0 Å². The number of likely N-dealkylation sites (tertiary alicyclic amines) is 1. The maximum absolute atomic E-state index is 10.9. The van der Waals surface area contributed by atoms with Crippen molar-refractivity contribution in [2.45, 2.75) is 25.8 Å². The third-order valence-corrected chi connectivity index (χ3v) is 3.50. The van der Waals surface area contributed by atoms with Gasteiger partial charge in [-0.3, -0.25) is 15.0 Å². The molecule has 0 aromatic carbocycles. The van der Waals surface area contributed by atoms with Crippen molar-refractivity contribution >= 4 is 17.3 Å². The minimum atomic E-state index is -0.443. The Morgan fingerprint density at radius 2 is 2.42 bits per heavy atom. The number of likely N-dealkylation sites (N-methyl/N-ethyl adjacent to an activating group) is 1. The molecule has 1 saturated heterocycles. The Hall–Kier alpha value is -1.89. The number of pyridine rings is 1. The van der Waals surface area contributed by atoms with Gasteiger partial charge in [0, 0.05) is 18.7 Å². The summed E-state index contributed by atoms with van der Waals surface area (Å²) in [5, 5.41) is 14.0. The maximum atomic E-state index is 10.9. The summed E-state index contributed by atoms with van der Waals surface area (Å²) in [5.41, 5.74) is 5.55. The first-order valence-corrected chi connectivity index (χ1v) is 6.50. The van der Waals surface area contributed by atoms with Crippen molar-refractivity contribution in [1.82, 2.24) is 9.88 Å². The molecule has 0 radical (unpaired) electrons. The molecular formula is C12H19N5O2. The monoisotopic (exact) mass is 265 g/mol. The van der Waals surface area contributed by atoms with Crippen molar-refractivity contribution < 1.29 is 4.92 Å². The van der Waals surface area contributed by atoms with Crippen LogP contribution in [0.1, 0.15) is 19.8 Å². The molecular weight excluding hydrogens is 246 g/mol. The van der Waals surface area contributed by atoms with Crippen molar-refractivity contribution in [3.63, 3.8) is 0 Å². The summed E-state index contributed by atoms with van der Waals surface area (Å²) in [7, 11) is 0. The smallest absolute Gasteiger partial charge is 0.311 e. The summed E-state index contributed by atoms with van der Waals surface area (Å²) < 4.78 is 0. The van der Waals surface area contributed by atoms with E-state index < -0.39 is 4.92 Å². The zero-order valence-corrected chi connectivity index (χ0v) is 11.0. The van der Waals surface area contributed by atoms with Gasteiger partial charge in [-0.1, -0.05) is 6.92 Å². The molecule has 0 spiro atoms. The molecule has 0 amide bonds. The van der Waals surface area contributed by atoms with E-state index in [4.69, 9.17) is 5.73 Å². The van der Waals surface area contributed by atoms with E-state index in [1.165, 1.54) is 18.6 Å². The number of nitrogen functional groups attached to an aromatic ring is 1. The number of nitrogens with two attached hydrogens (primary N) is 1. The van der Waals surface area contributed by atoms with Crippen molar-refractivity contribution in [3.05, 3.63) is 22.2 Å². The molecule has 0 bridgehead atoms. The highest BCUT2D eigenvalue weighted by Crippen LogP contribution is 2.24. The maximum Gasteiger partial charge on any atom is 0.311 e. The predicted octanol–water partition coefficient (Wildman–Crippen LogP) is 1.47. The molecule has 2 rings (SSSR count). The van der Waals surface area contributed by atoms with Gasteiger partial charge >= 0.3 is 5.69 Å². The first-order valence-electron chi connectivity index (χ1n) is 6.50. The molecule has 1 fully saturated rings. The lowest BCUT2D eigenvalue weighted by atomic mass is 10.2. The molecule has 1 unspecified atom stereocenters. The Balaban J connectivity index is 2.06. The number of rotatable bonds is 5. The van der Waals surface area contributed by atoms with Crippen molar-refractivity contribution in [2.75, 3.05) is 30.7 Å². The van der Waals surface area contributed by atoms with Crippen LogP contribution >= 0.6 is 0 Å². The van der Waals surface area contributed by atoms with Gasteiger partial charge in [0.05, 0.1) is 4.92 Å². The molecule has 1 aromatic heterocycles. The first kappa shape index (κ1) is 13.5. The number of hydrogen-bond donors (Lipinski definition) is 2. The molecule has 1 aliphatic heterocycles. The van der Waals surface area contributed by atoms with Crippen LogP contribution in [0.3, 0.4) is 0 Å². The summed E-state index contributed by atoms with van der Waals surface area (Å²) >= 11 is 0. The van der Waals surface area contributed by atoms with Gasteiger partial charge < -0.3 is 11.1 Å². The van der Waals surface area contributed by atoms with E-state index in [-0.39, 0.29) is 17.3 Å². The highest BCUT2D eigenvalue weighted by atomic mass is 16.6. The molecule has 104 valence electrons. The van der Waals surface area contributed by atoms with Gasteiger partial charge in [0.25, 0.3) is 0 Å². The van der Waals surface area contributed by atoms with E-state index in [1.54, 1.807) is 0 Å². The summed E-state index contributed by atoms with van der Waals surface area (Å²) in [4.78, 5) is 16.9.